The van der Waals surface area contributed by atoms with Gasteiger partial charge in [0.25, 0.3) is 0 Å². The van der Waals surface area contributed by atoms with Crippen LogP contribution >= 0.6 is 0 Å². The van der Waals surface area contributed by atoms with Gasteiger partial charge in [0.2, 0.25) is 0 Å². The molecule has 41 heavy (non-hydrogen) atoms. The summed E-state index contributed by atoms with van der Waals surface area (Å²) in [6, 6.07) is 38.2. The molecule has 0 unspecified atom stereocenters. The third-order valence-corrected chi connectivity index (χ3v) is 7.49. The Morgan fingerprint density at radius 2 is 1.07 bits per heavy atom. The summed E-state index contributed by atoms with van der Waals surface area (Å²) in [6.45, 7) is 7.50. The molecule has 8 rings (SSSR count). The SMILES string of the molecule is [C-]#[N+]c1ccc2c(c1)c1ccc(Oc3ccc4c5ccccc5n(-c5ccccn5)c4c3)cc1n2-c1ccccn1. The van der Waals surface area contributed by atoms with E-state index in [1.807, 2.05) is 79.0 Å². The van der Waals surface area contributed by atoms with E-state index < -0.39 is 0 Å². The van der Waals surface area contributed by atoms with E-state index >= 15 is 0 Å². The molecule has 0 fully saturated rings. The molecule has 192 valence electrons. The second kappa shape index (κ2) is 9.08. The number of fused-ring (bicyclic) bond motifs is 6. The van der Waals surface area contributed by atoms with Crippen molar-refractivity contribution in [2.75, 3.05) is 0 Å². The van der Waals surface area contributed by atoms with Crippen LogP contribution in [0, 0.1) is 6.57 Å². The standard InChI is InChI=1S/C35H21N5O/c1-36-23-12-17-31-29(20-23)28-16-14-25(22-33(28)40(31)35-11-5-7-19-38-35)41-24-13-15-27-26-8-2-3-9-30(26)39(32(27)21-24)34-10-4-6-18-37-34/h2-22H. The van der Waals surface area contributed by atoms with Crippen LogP contribution in [0.4, 0.5) is 5.69 Å². The fourth-order valence-electron chi connectivity index (χ4n) is 5.74. The second-order valence-corrected chi connectivity index (χ2v) is 9.84. The molecule has 4 aromatic heterocycles. The molecule has 0 saturated carbocycles. The average Bonchev–Trinajstić information content (AvgIpc) is 3.53. The van der Waals surface area contributed by atoms with Crippen LogP contribution < -0.4 is 4.74 Å². The predicted molar refractivity (Wildman–Crippen MR) is 163 cm³/mol. The first kappa shape index (κ1) is 23.0. The van der Waals surface area contributed by atoms with Crippen LogP contribution in [0.3, 0.4) is 0 Å². The van der Waals surface area contributed by atoms with Gasteiger partial charge in [0.15, 0.2) is 5.69 Å². The Labute approximate surface area is 235 Å². The minimum atomic E-state index is 0.606. The molecular formula is C35H21N5O. The van der Waals surface area contributed by atoms with E-state index in [0.29, 0.717) is 11.4 Å². The van der Waals surface area contributed by atoms with Crippen molar-refractivity contribution in [1.29, 1.82) is 0 Å². The van der Waals surface area contributed by atoms with Gasteiger partial charge >= 0.3 is 0 Å². The summed E-state index contributed by atoms with van der Waals surface area (Å²) in [7, 11) is 0. The van der Waals surface area contributed by atoms with E-state index in [1.165, 1.54) is 5.39 Å². The van der Waals surface area contributed by atoms with Gasteiger partial charge in [0, 0.05) is 40.7 Å². The maximum Gasteiger partial charge on any atom is 0.188 e. The highest BCUT2D eigenvalue weighted by Gasteiger charge is 2.16. The number of pyridine rings is 2. The first-order valence-corrected chi connectivity index (χ1v) is 13.3. The van der Waals surface area contributed by atoms with E-state index in [2.05, 4.69) is 66.4 Å². The molecule has 4 heterocycles. The molecule has 0 radical (unpaired) electrons. The zero-order valence-electron chi connectivity index (χ0n) is 21.8. The highest BCUT2D eigenvalue weighted by molar-refractivity contribution is 6.11. The molecular weight excluding hydrogens is 506 g/mol. The summed E-state index contributed by atoms with van der Waals surface area (Å²) in [6.07, 6.45) is 3.60. The zero-order chi connectivity index (χ0) is 27.3. The summed E-state index contributed by atoms with van der Waals surface area (Å²) in [5, 5.41) is 4.35. The molecule has 0 N–H and O–H groups in total. The number of ether oxygens (including phenoxy) is 1. The Hall–Kier alpha value is -5.93. The average molecular weight is 528 g/mol. The van der Waals surface area contributed by atoms with Crippen molar-refractivity contribution in [3.63, 3.8) is 0 Å². The van der Waals surface area contributed by atoms with Gasteiger partial charge in [0.05, 0.1) is 28.6 Å². The molecule has 0 amide bonds. The Morgan fingerprint density at radius 3 is 1.68 bits per heavy atom. The zero-order valence-corrected chi connectivity index (χ0v) is 21.8. The van der Waals surface area contributed by atoms with E-state index in [9.17, 15) is 0 Å². The van der Waals surface area contributed by atoms with Crippen molar-refractivity contribution in [1.82, 2.24) is 19.1 Å². The fourth-order valence-corrected chi connectivity index (χ4v) is 5.74. The summed E-state index contributed by atoms with van der Waals surface area (Å²) in [5.41, 5.74) is 4.68. The first-order valence-electron chi connectivity index (χ1n) is 13.3. The van der Waals surface area contributed by atoms with Crippen LogP contribution in [0.15, 0.2) is 128 Å². The summed E-state index contributed by atoms with van der Waals surface area (Å²) in [5.74, 6) is 3.10. The number of hydrogen-bond acceptors (Lipinski definition) is 3. The van der Waals surface area contributed by atoms with Crippen LogP contribution in [-0.2, 0) is 0 Å². The van der Waals surface area contributed by atoms with Crippen molar-refractivity contribution in [2.45, 2.75) is 0 Å². The minimum absolute atomic E-state index is 0.606. The summed E-state index contributed by atoms with van der Waals surface area (Å²) >= 11 is 0. The van der Waals surface area contributed by atoms with Gasteiger partial charge in [-0.25, -0.2) is 14.8 Å². The molecule has 0 spiro atoms. The molecule has 6 heteroatoms. The largest absolute Gasteiger partial charge is 0.457 e. The number of para-hydroxylation sites is 1. The van der Waals surface area contributed by atoms with Gasteiger partial charge in [-0.3, -0.25) is 9.13 Å². The Bertz CT molecular complexity index is 2290. The van der Waals surface area contributed by atoms with Crippen LogP contribution in [0.1, 0.15) is 0 Å². The molecule has 6 nitrogen and oxygen atoms in total. The Balaban J connectivity index is 1.30. The highest BCUT2D eigenvalue weighted by atomic mass is 16.5. The lowest BCUT2D eigenvalue weighted by molar-refractivity contribution is 0.484. The fraction of sp³-hybridized carbons (Fsp3) is 0. The first-order chi connectivity index (χ1) is 20.3. The monoisotopic (exact) mass is 527 g/mol. The molecule has 0 aliphatic heterocycles. The third kappa shape index (κ3) is 3.64. The lowest BCUT2D eigenvalue weighted by atomic mass is 10.1. The molecule has 0 aliphatic carbocycles. The lowest BCUT2D eigenvalue weighted by Gasteiger charge is -2.10. The van der Waals surface area contributed by atoms with Crippen LogP contribution in [0.2, 0.25) is 0 Å². The summed E-state index contributed by atoms with van der Waals surface area (Å²) < 4.78 is 10.8. The van der Waals surface area contributed by atoms with E-state index in [4.69, 9.17) is 11.3 Å². The lowest BCUT2D eigenvalue weighted by Crippen LogP contribution is -1.97. The third-order valence-electron chi connectivity index (χ3n) is 7.49. The van der Waals surface area contributed by atoms with Crippen molar-refractivity contribution >= 4 is 49.3 Å². The number of nitrogens with zero attached hydrogens (tertiary/aromatic N) is 5. The van der Waals surface area contributed by atoms with E-state index in [1.54, 1.807) is 6.20 Å². The maximum absolute atomic E-state index is 7.50. The molecule has 0 atom stereocenters. The number of hydrogen-bond donors (Lipinski definition) is 0. The normalized spacial score (nSPS) is 11.4. The Morgan fingerprint density at radius 1 is 0.512 bits per heavy atom. The molecule has 0 saturated heterocycles. The van der Waals surface area contributed by atoms with Gasteiger partial charge in [-0.15, -0.1) is 0 Å². The van der Waals surface area contributed by atoms with Crippen LogP contribution in [-0.4, -0.2) is 19.1 Å². The van der Waals surface area contributed by atoms with Gasteiger partial charge in [-0.2, -0.15) is 0 Å². The molecule has 8 aromatic rings. The quantitative estimate of drug-likeness (QED) is 0.215. The van der Waals surface area contributed by atoms with Gasteiger partial charge in [-0.05, 0) is 72.1 Å². The van der Waals surface area contributed by atoms with Crippen LogP contribution in [0.25, 0.3) is 60.1 Å². The predicted octanol–water partition coefficient (Wildman–Crippen LogP) is 9.01. The minimum Gasteiger partial charge on any atom is -0.457 e. The van der Waals surface area contributed by atoms with Gasteiger partial charge in [-0.1, -0.05) is 36.4 Å². The number of aromatic nitrogens is 4. The van der Waals surface area contributed by atoms with E-state index in [0.717, 1.165) is 55.6 Å². The van der Waals surface area contributed by atoms with Gasteiger partial charge < -0.3 is 4.74 Å². The maximum atomic E-state index is 7.50. The number of benzene rings is 4. The Kier molecular flexibility index (Phi) is 5.09. The summed E-state index contributed by atoms with van der Waals surface area (Å²) in [4.78, 5) is 12.9. The van der Waals surface area contributed by atoms with Crippen molar-refractivity contribution in [2.24, 2.45) is 0 Å². The van der Waals surface area contributed by atoms with Crippen molar-refractivity contribution in [3.05, 3.63) is 139 Å². The smallest absolute Gasteiger partial charge is 0.188 e. The topological polar surface area (TPSA) is 49.2 Å². The van der Waals surface area contributed by atoms with Crippen LogP contribution in [0.5, 0.6) is 11.5 Å². The van der Waals surface area contributed by atoms with Gasteiger partial charge in [0.1, 0.15) is 23.1 Å². The van der Waals surface area contributed by atoms with Crippen molar-refractivity contribution in [3.8, 4) is 23.1 Å². The molecule has 4 aromatic carbocycles. The van der Waals surface area contributed by atoms with Crippen molar-refractivity contribution < 1.29 is 4.74 Å². The second-order valence-electron chi connectivity index (χ2n) is 9.84. The van der Waals surface area contributed by atoms with E-state index in [-0.39, 0.29) is 0 Å². The highest BCUT2D eigenvalue weighted by Crippen LogP contribution is 2.38. The molecule has 0 bridgehead atoms. The molecule has 0 aliphatic rings. The number of rotatable bonds is 4.